The van der Waals surface area contributed by atoms with Gasteiger partial charge in [-0.15, -0.1) is 0 Å². The lowest BCUT2D eigenvalue weighted by molar-refractivity contribution is -0.139. The molecule has 0 atom stereocenters. The van der Waals surface area contributed by atoms with E-state index >= 15 is 0 Å². The molecule has 6 heteroatoms. The molecule has 0 saturated heterocycles. The number of ether oxygens (including phenoxy) is 1. The second kappa shape index (κ2) is 10.2. The molecule has 31 heavy (non-hydrogen) atoms. The van der Waals surface area contributed by atoms with Gasteiger partial charge in [0.05, 0.1) is 5.71 Å². The number of benzene rings is 1. The Morgan fingerprint density at radius 3 is 2.77 bits per heavy atom. The fourth-order valence-electron chi connectivity index (χ4n) is 4.39. The SMILES string of the molecule is O=C(O)COc1cccc2c1CCC(CO/N=C(\c1cccnc1)C1CCCCC1)=C2. The van der Waals surface area contributed by atoms with E-state index in [1.54, 1.807) is 6.20 Å². The summed E-state index contributed by atoms with van der Waals surface area (Å²) in [4.78, 5) is 20.9. The fourth-order valence-corrected chi connectivity index (χ4v) is 4.39. The summed E-state index contributed by atoms with van der Waals surface area (Å²) < 4.78 is 5.44. The summed E-state index contributed by atoms with van der Waals surface area (Å²) in [6.45, 7) is 0.110. The maximum absolute atomic E-state index is 10.8. The molecule has 0 amide bonds. The van der Waals surface area contributed by atoms with E-state index in [0.717, 1.165) is 48.1 Å². The zero-order valence-corrected chi connectivity index (χ0v) is 17.6. The quantitative estimate of drug-likeness (QED) is 0.486. The first-order valence-electron chi connectivity index (χ1n) is 11.0. The van der Waals surface area contributed by atoms with Crippen LogP contribution in [0, 0.1) is 5.92 Å². The van der Waals surface area contributed by atoms with Crippen molar-refractivity contribution >= 4 is 17.8 Å². The third kappa shape index (κ3) is 5.51. The minimum absolute atomic E-state index is 0.330. The molecule has 162 valence electrons. The highest BCUT2D eigenvalue weighted by Crippen LogP contribution is 2.32. The molecular formula is C25H28N2O4. The predicted molar refractivity (Wildman–Crippen MR) is 119 cm³/mol. The van der Waals surface area contributed by atoms with Gasteiger partial charge in [0.2, 0.25) is 0 Å². The Labute approximate surface area is 182 Å². The van der Waals surface area contributed by atoms with Gasteiger partial charge in [0, 0.05) is 29.4 Å². The van der Waals surface area contributed by atoms with E-state index in [2.05, 4.69) is 22.3 Å². The van der Waals surface area contributed by atoms with E-state index in [4.69, 9.17) is 14.7 Å². The Morgan fingerprint density at radius 2 is 2.00 bits per heavy atom. The molecule has 0 bridgehead atoms. The van der Waals surface area contributed by atoms with Crippen LogP contribution in [0.4, 0.5) is 0 Å². The number of rotatable bonds is 8. The van der Waals surface area contributed by atoms with Crippen LogP contribution in [0.1, 0.15) is 55.2 Å². The first kappa shape index (κ1) is 21.1. The van der Waals surface area contributed by atoms with E-state index in [1.165, 1.54) is 24.8 Å². The van der Waals surface area contributed by atoms with Gasteiger partial charge in [-0.2, -0.15) is 0 Å². The number of carbonyl (C=O) groups is 1. The Kier molecular flexibility index (Phi) is 6.97. The number of nitrogens with zero attached hydrogens (tertiary/aromatic N) is 2. The first-order valence-corrected chi connectivity index (χ1v) is 11.0. The van der Waals surface area contributed by atoms with Crippen LogP contribution in [0.3, 0.4) is 0 Å². The van der Waals surface area contributed by atoms with E-state index in [9.17, 15) is 4.79 Å². The molecule has 4 rings (SSSR count). The predicted octanol–water partition coefficient (Wildman–Crippen LogP) is 4.88. The highest BCUT2D eigenvalue weighted by atomic mass is 16.6. The van der Waals surface area contributed by atoms with Crippen LogP contribution in [0.5, 0.6) is 5.75 Å². The largest absolute Gasteiger partial charge is 0.482 e. The first-order chi connectivity index (χ1) is 15.2. The van der Waals surface area contributed by atoms with Gasteiger partial charge in [0.15, 0.2) is 6.61 Å². The van der Waals surface area contributed by atoms with Crippen molar-refractivity contribution in [3.63, 3.8) is 0 Å². The zero-order chi connectivity index (χ0) is 21.5. The lowest BCUT2D eigenvalue weighted by Gasteiger charge is -2.23. The zero-order valence-electron chi connectivity index (χ0n) is 17.6. The van der Waals surface area contributed by atoms with Crippen LogP contribution in [-0.2, 0) is 16.1 Å². The highest BCUT2D eigenvalue weighted by Gasteiger charge is 2.22. The van der Waals surface area contributed by atoms with Crippen LogP contribution in [0.15, 0.2) is 53.5 Å². The highest BCUT2D eigenvalue weighted by molar-refractivity contribution is 6.01. The molecule has 0 aliphatic heterocycles. The summed E-state index contributed by atoms with van der Waals surface area (Å²) in [5.41, 5.74) is 5.32. The lowest BCUT2D eigenvalue weighted by atomic mass is 9.84. The van der Waals surface area contributed by atoms with Crippen molar-refractivity contribution in [2.75, 3.05) is 13.2 Å². The van der Waals surface area contributed by atoms with Crippen molar-refractivity contribution in [1.82, 2.24) is 4.98 Å². The molecule has 2 aliphatic rings. The molecule has 0 radical (unpaired) electrons. The maximum Gasteiger partial charge on any atom is 0.341 e. The Hall–Kier alpha value is -3.15. The van der Waals surface area contributed by atoms with Crippen molar-refractivity contribution in [1.29, 1.82) is 0 Å². The number of carboxylic acids is 1. The number of oxime groups is 1. The molecule has 1 saturated carbocycles. The lowest BCUT2D eigenvalue weighted by Crippen LogP contribution is -2.20. The monoisotopic (exact) mass is 420 g/mol. The van der Waals surface area contributed by atoms with Gasteiger partial charge in [-0.05, 0) is 55.0 Å². The Bertz CT molecular complexity index is 963. The molecule has 1 heterocycles. The van der Waals surface area contributed by atoms with Gasteiger partial charge in [-0.3, -0.25) is 4.98 Å². The van der Waals surface area contributed by atoms with Crippen molar-refractivity contribution in [2.45, 2.75) is 44.9 Å². The van der Waals surface area contributed by atoms with Crippen molar-refractivity contribution in [3.8, 4) is 5.75 Å². The van der Waals surface area contributed by atoms with Crippen LogP contribution in [0.25, 0.3) is 6.08 Å². The van der Waals surface area contributed by atoms with Gasteiger partial charge in [-0.1, -0.05) is 42.6 Å². The molecule has 1 N–H and O–H groups in total. The number of aromatic nitrogens is 1. The van der Waals surface area contributed by atoms with Crippen LogP contribution in [0.2, 0.25) is 0 Å². The van der Waals surface area contributed by atoms with E-state index in [-0.39, 0.29) is 6.61 Å². The summed E-state index contributed by atoms with van der Waals surface area (Å²) in [6.07, 6.45) is 13.4. The standard InChI is InChI=1S/C25H28N2O4/c28-24(29)17-30-23-10-4-8-20-14-18(11-12-22(20)23)16-31-27-25(19-6-2-1-3-7-19)21-9-5-13-26-15-21/h4-5,8-10,13-15,19H,1-3,6-7,11-12,16-17H2,(H,28,29)/b27-25-. The summed E-state index contributed by atoms with van der Waals surface area (Å²) in [7, 11) is 0. The summed E-state index contributed by atoms with van der Waals surface area (Å²) >= 11 is 0. The Balaban J connectivity index is 1.46. The van der Waals surface area contributed by atoms with Gasteiger partial charge in [0.25, 0.3) is 0 Å². The number of carboxylic acid groups (broad SMARTS) is 1. The van der Waals surface area contributed by atoms with Gasteiger partial charge in [-0.25, -0.2) is 4.79 Å². The number of fused-ring (bicyclic) bond motifs is 1. The maximum atomic E-state index is 10.8. The summed E-state index contributed by atoms with van der Waals surface area (Å²) in [5, 5.41) is 13.4. The van der Waals surface area contributed by atoms with Crippen LogP contribution >= 0.6 is 0 Å². The van der Waals surface area contributed by atoms with Gasteiger partial charge >= 0.3 is 5.97 Å². The summed E-state index contributed by atoms with van der Waals surface area (Å²) in [6, 6.07) is 9.73. The average molecular weight is 421 g/mol. The van der Waals surface area contributed by atoms with E-state index < -0.39 is 5.97 Å². The average Bonchev–Trinajstić information content (AvgIpc) is 2.81. The molecule has 0 unspecified atom stereocenters. The van der Waals surface area contributed by atoms with E-state index in [0.29, 0.717) is 18.3 Å². The van der Waals surface area contributed by atoms with Gasteiger partial charge in [0.1, 0.15) is 12.4 Å². The smallest absolute Gasteiger partial charge is 0.341 e. The fraction of sp³-hybridized carbons (Fsp3) is 0.400. The molecule has 6 nitrogen and oxygen atoms in total. The third-order valence-corrected chi connectivity index (χ3v) is 5.94. The van der Waals surface area contributed by atoms with E-state index in [1.807, 2.05) is 30.5 Å². The topological polar surface area (TPSA) is 81.0 Å². The van der Waals surface area contributed by atoms with Crippen molar-refractivity contribution < 1.29 is 19.5 Å². The number of hydrogen-bond donors (Lipinski definition) is 1. The number of hydrogen-bond acceptors (Lipinski definition) is 5. The van der Waals surface area contributed by atoms with Crippen LogP contribution < -0.4 is 4.74 Å². The number of pyridine rings is 1. The third-order valence-electron chi connectivity index (χ3n) is 5.94. The molecule has 1 aromatic heterocycles. The second-order valence-electron chi connectivity index (χ2n) is 8.14. The normalized spacial score (nSPS) is 16.9. The molecule has 2 aromatic rings. The molecule has 0 spiro atoms. The molecule has 2 aliphatic carbocycles. The Morgan fingerprint density at radius 1 is 1.13 bits per heavy atom. The minimum atomic E-state index is -0.974. The molecular weight excluding hydrogens is 392 g/mol. The summed E-state index contributed by atoms with van der Waals surface area (Å²) in [5.74, 6) is 0.0940. The van der Waals surface area contributed by atoms with Crippen molar-refractivity contribution in [3.05, 3.63) is 65.0 Å². The second-order valence-corrected chi connectivity index (χ2v) is 8.14. The van der Waals surface area contributed by atoms with Gasteiger partial charge < -0.3 is 14.7 Å². The van der Waals surface area contributed by atoms with Crippen LogP contribution in [-0.4, -0.2) is 35.0 Å². The van der Waals surface area contributed by atoms with Crippen molar-refractivity contribution in [2.24, 2.45) is 11.1 Å². The number of aliphatic carboxylic acids is 1. The molecule has 1 fully saturated rings. The minimum Gasteiger partial charge on any atom is -0.482 e. The molecule has 1 aromatic carbocycles.